The second kappa shape index (κ2) is 4.75. The van der Waals surface area contributed by atoms with E-state index in [-0.39, 0.29) is 12.5 Å². The van der Waals surface area contributed by atoms with E-state index in [1.54, 1.807) is 0 Å². The number of amides is 1. The zero-order valence-corrected chi connectivity index (χ0v) is 11.6. The molecule has 1 aliphatic heterocycles. The largest absolute Gasteiger partial charge is 0.481 e. The molecule has 0 unspecified atom stereocenters. The van der Waals surface area contributed by atoms with E-state index in [1.165, 1.54) is 11.9 Å². The second-order valence-electron chi connectivity index (χ2n) is 5.29. The third-order valence-corrected chi connectivity index (χ3v) is 5.52. The van der Waals surface area contributed by atoms with Crippen LogP contribution in [0.1, 0.15) is 19.3 Å². The number of hydrogen-bond acceptors (Lipinski definition) is 4. The number of aliphatic carboxylic acids is 1. The maximum Gasteiger partial charge on any atom is 0.311 e. The number of fused-ring (bicyclic) bond motifs is 1. The van der Waals surface area contributed by atoms with Gasteiger partial charge < -0.3 is 10.0 Å². The van der Waals surface area contributed by atoms with E-state index in [0.29, 0.717) is 13.0 Å². The Bertz CT molecular complexity index is 503. The number of nitrogens with one attached hydrogen (secondary N) is 1. The standard InChI is InChI=1S/C11H18N2O5S/c1-12-19(17,18)6-9(14)13-5-8-3-2-4-11(8,7-13)10(15)16/h8,12H,2-7H2,1H3,(H,15,16)/t8-,11+/m0/s1. The van der Waals surface area contributed by atoms with Crippen molar-refractivity contribution in [2.45, 2.75) is 19.3 Å². The lowest BCUT2D eigenvalue weighted by Crippen LogP contribution is -2.40. The lowest BCUT2D eigenvalue weighted by molar-refractivity contribution is -0.149. The van der Waals surface area contributed by atoms with Gasteiger partial charge in [0.15, 0.2) is 0 Å². The van der Waals surface area contributed by atoms with E-state index in [9.17, 15) is 23.1 Å². The molecule has 2 rings (SSSR count). The summed E-state index contributed by atoms with van der Waals surface area (Å²) in [6.07, 6.45) is 2.21. The lowest BCUT2D eigenvalue weighted by atomic mass is 9.81. The maximum absolute atomic E-state index is 11.9. The minimum Gasteiger partial charge on any atom is -0.481 e. The van der Waals surface area contributed by atoms with E-state index in [4.69, 9.17) is 0 Å². The highest BCUT2D eigenvalue weighted by Crippen LogP contribution is 2.48. The average molecular weight is 290 g/mol. The normalized spacial score (nSPS) is 30.4. The number of carbonyl (C=O) groups is 2. The molecule has 19 heavy (non-hydrogen) atoms. The first-order valence-corrected chi connectivity index (χ1v) is 7.88. The van der Waals surface area contributed by atoms with Crippen molar-refractivity contribution >= 4 is 21.9 Å². The fourth-order valence-corrected chi connectivity index (χ4v) is 3.81. The van der Waals surface area contributed by atoms with E-state index in [2.05, 4.69) is 4.72 Å². The van der Waals surface area contributed by atoms with Crippen LogP contribution < -0.4 is 4.72 Å². The van der Waals surface area contributed by atoms with Gasteiger partial charge in [-0.05, 0) is 25.8 Å². The van der Waals surface area contributed by atoms with Gasteiger partial charge in [-0.1, -0.05) is 6.42 Å². The molecule has 8 heteroatoms. The molecule has 1 heterocycles. The molecule has 0 spiro atoms. The Labute approximate surface area is 112 Å². The average Bonchev–Trinajstić information content (AvgIpc) is 2.85. The smallest absolute Gasteiger partial charge is 0.311 e. The lowest BCUT2D eigenvalue weighted by Gasteiger charge is -2.23. The fraction of sp³-hybridized carbons (Fsp3) is 0.818. The summed E-state index contributed by atoms with van der Waals surface area (Å²) in [4.78, 5) is 24.8. The van der Waals surface area contributed by atoms with Crippen molar-refractivity contribution in [3.8, 4) is 0 Å². The zero-order chi connectivity index (χ0) is 14.3. The van der Waals surface area contributed by atoms with Crippen molar-refractivity contribution < 1.29 is 23.1 Å². The van der Waals surface area contributed by atoms with Crippen molar-refractivity contribution in [3.63, 3.8) is 0 Å². The van der Waals surface area contributed by atoms with Crippen LogP contribution in [0.5, 0.6) is 0 Å². The van der Waals surface area contributed by atoms with Gasteiger partial charge in [-0.15, -0.1) is 0 Å². The molecule has 1 saturated heterocycles. The summed E-state index contributed by atoms with van der Waals surface area (Å²) in [6, 6.07) is 0. The number of sulfonamides is 1. The van der Waals surface area contributed by atoms with Gasteiger partial charge in [-0.25, -0.2) is 13.1 Å². The first-order chi connectivity index (χ1) is 8.81. The van der Waals surface area contributed by atoms with Gasteiger partial charge in [0.05, 0.1) is 5.41 Å². The van der Waals surface area contributed by atoms with Gasteiger partial charge in [0, 0.05) is 13.1 Å². The zero-order valence-electron chi connectivity index (χ0n) is 10.8. The van der Waals surface area contributed by atoms with Crippen LogP contribution in [0.25, 0.3) is 0 Å². The van der Waals surface area contributed by atoms with Gasteiger partial charge in [-0.3, -0.25) is 9.59 Å². The molecule has 7 nitrogen and oxygen atoms in total. The van der Waals surface area contributed by atoms with E-state index >= 15 is 0 Å². The SMILES string of the molecule is CNS(=O)(=O)CC(=O)N1C[C@@H]2CCC[C@@]2(C(=O)O)C1. The molecule has 1 amide bonds. The molecule has 0 aromatic rings. The predicted octanol–water partition coefficient (Wildman–Crippen LogP) is -0.751. The van der Waals surface area contributed by atoms with Crippen molar-refractivity contribution in [1.82, 2.24) is 9.62 Å². The molecule has 0 radical (unpaired) electrons. The molecular formula is C11H18N2O5S. The molecule has 2 fully saturated rings. The van der Waals surface area contributed by atoms with Crippen molar-refractivity contribution in [2.24, 2.45) is 11.3 Å². The number of carboxylic acids is 1. The highest BCUT2D eigenvalue weighted by molar-refractivity contribution is 7.90. The molecular weight excluding hydrogens is 272 g/mol. The van der Waals surface area contributed by atoms with Crippen LogP contribution in [0.4, 0.5) is 0 Å². The fourth-order valence-electron chi connectivity index (χ4n) is 3.15. The van der Waals surface area contributed by atoms with Crippen LogP contribution in [-0.4, -0.2) is 56.2 Å². The highest BCUT2D eigenvalue weighted by atomic mass is 32.2. The Morgan fingerprint density at radius 1 is 1.47 bits per heavy atom. The molecule has 1 aliphatic carbocycles. The highest BCUT2D eigenvalue weighted by Gasteiger charge is 2.55. The molecule has 0 bridgehead atoms. The van der Waals surface area contributed by atoms with Crippen molar-refractivity contribution in [1.29, 1.82) is 0 Å². The van der Waals surface area contributed by atoms with E-state index in [1.807, 2.05) is 0 Å². The second-order valence-corrected chi connectivity index (χ2v) is 7.21. The van der Waals surface area contributed by atoms with Crippen molar-refractivity contribution in [3.05, 3.63) is 0 Å². The van der Waals surface area contributed by atoms with Gasteiger partial charge >= 0.3 is 5.97 Å². The van der Waals surface area contributed by atoms with Crippen LogP contribution in [-0.2, 0) is 19.6 Å². The van der Waals surface area contributed by atoms with Crippen LogP contribution in [0.2, 0.25) is 0 Å². The van der Waals surface area contributed by atoms with Crippen LogP contribution in [0.3, 0.4) is 0 Å². The Morgan fingerprint density at radius 2 is 2.16 bits per heavy atom. The van der Waals surface area contributed by atoms with Gasteiger partial charge in [0.2, 0.25) is 15.9 Å². The summed E-state index contributed by atoms with van der Waals surface area (Å²) in [6.45, 7) is 0.482. The molecule has 0 aromatic carbocycles. The number of rotatable bonds is 4. The first-order valence-electron chi connectivity index (χ1n) is 6.23. The number of nitrogens with zero attached hydrogens (tertiary/aromatic N) is 1. The number of hydrogen-bond donors (Lipinski definition) is 2. The van der Waals surface area contributed by atoms with Crippen LogP contribution >= 0.6 is 0 Å². The van der Waals surface area contributed by atoms with Gasteiger partial charge in [-0.2, -0.15) is 0 Å². The van der Waals surface area contributed by atoms with Crippen LogP contribution in [0, 0.1) is 11.3 Å². The van der Waals surface area contributed by atoms with E-state index in [0.717, 1.165) is 12.8 Å². The Balaban J connectivity index is 2.10. The molecule has 108 valence electrons. The minimum atomic E-state index is -3.61. The maximum atomic E-state index is 11.9. The number of likely N-dealkylation sites (tertiary alicyclic amines) is 1. The summed E-state index contributed by atoms with van der Waals surface area (Å²) in [7, 11) is -2.36. The van der Waals surface area contributed by atoms with Crippen LogP contribution in [0.15, 0.2) is 0 Å². The number of carboxylic acid groups (broad SMARTS) is 1. The molecule has 2 atom stereocenters. The Hall–Kier alpha value is -1.15. The Morgan fingerprint density at radius 3 is 2.68 bits per heavy atom. The summed E-state index contributed by atoms with van der Waals surface area (Å²) in [5.74, 6) is -2.07. The third kappa shape index (κ3) is 2.46. The summed E-state index contributed by atoms with van der Waals surface area (Å²) in [5.41, 5.74) is -0.862. The molecule has 2 N–H and O–H groups in total. The third-order valence-electron chi connectivity index (χ3n) is 4.27. The summed E-state index contributed by atoms with van der Waals surface area (Å²) in [5, 5.41) is 9.38. The van der Waals surface area contributed by atoms with Gasteiger partial charge in [0.1, 0.15) is 5.75 Å². The quantitative estimate of drug-likeness (QED) is 0.709. The summed E-state index contributed by atoms with van der Waals surface area (Å²) >= 11 is 0. The topological polar surface area (TPSA) is 104 Å². The summed E-state index contributed by atoms with van der Waals surface area (Å²) < 4.78 is 24.8. The van der Waals surface area contributed by atoms with E-state index < -0.39 is 33.1 Å². The monoisotopic (exact) mass is 290 g/mol. The molecule has 1 saturated carbocycles. The molecule has 0 aromatic heterocycles. The first kappa shape index (κ1) is 14.3. The van der Waals surface area contributed by atoms with Crippen molar-refractivity contribution in [2.75, 3.05) is 25.9 Å². The predicted molar refractivity (Wildman–Crippen MR) is 66.8 cm³/mol. The Kier molecular flexibility index (Phi) is 3.57. The number of carbonyl (C=O) groups excluding carboxylic acids is 1. The minimum absolute atomic E-state index is 0.0498. The molecule has 2 aliphatic rings. The van der Waals surface area contributed by atoms with Gasteiger partial charge in [0.25, 0.3) is 0 Å².